The fraction of sp³-hybridized carbons (Fsp3) is 0.706. The van der Waals surface area contributed by atoms with Crippen molar-refractivity contribution in [2.75, 3.05) is 13.1 Å². The van der Waals surface area contributed by atoms with Crippen molar-refractivity contribution >= 4 is 11.7 Å². The third-order valence-corrected chi connectivity index (χ3v) is 5.43. The molecule has 3 fully saturated rings. The summed E-state index contributed by atoms with van der Waals surface area (Å²) in [5.74, 6) is 0.851. The zero-order chi connectivity index (χ0) is 15.8. The van der Waals surface area contributed by atoms with Crippen molar-refractivity contribution in [1.82, 2.24) is 15.0 Å². The highest BCUT2D eigenvalue weighted by atomic mass is 19.1. The molecule has 1 aromatic rings. The summed E-state index contributed by atoms with van der Waals surface area (Å²) in [6.07, 6.45) is 7.73. The van der Waals surface area contributed by atoms with Crippen LogP contribution in [0.25, 0.3) is 5.83 Å². The molecule has 1 saturated heterocycles. The van der Waals surface area contributed by atoms with Crippen molar-refractivity contribution in [3.05, 3.63) is 17.3 Å². The van der Waals surface area contributed by atoms with Crippen molar-refractivity contribution < 1.29 is 13.7 Å². The van der Waals surface area contributed by atoms with E-state index in [1.807, 2.05) is 4.90 Å². The van der Waals surface area contributed by atoms with E-state index < -0.39 is 0 Å². The lowest BCUT2D eigenvalue weighted by Gasteiger charge is -2.30. The second-order valence-electron chi connectivity index (χ2n) is 7.08. The Bertz CT molecular complexity index is 628. The molecule has 2 heterocycles. The molecule has 0 bridgehead atoms. The van der Waals surface area contributed by atoms with Gasteiger partial charge in [-0.25, -0.2) is 4.39 Å². The highest BCUT2D eigenvalue weighted by molar-refractivity contribution is 5.79. The zero-order valence-electron chi connectivity index (χ0n) is 13.3. The predicted octanol–water partition coefficient (Wildman–Crippen LogP) is 3.44. The SMILES string of the molecule is O=C1CC(c2noc(C(F)=C3CCCC3)n2)CN1CC1CCC1. The number of carbonyl (C=O) groups excluding carboxylic acids is 1. The van der Waals surface area contributed by atoms with Crippen LogP contribution in [0.1, 0.15) is 69.0 Å². The van der Waals surface area contributed by atoms with E-state index in [-0.39, 0.29) is 23.5 Å². The van der Waals surface area contributed by atoms with Crippen LogP contribution in [0.5, 0.6) is 0 Å². The molecule has 5 nitrogen and oxygen atoms in total. The first kappa shape index (κ1) is 14.8. The maximum Gasteiger partial charge on any atom is 0.286 e. The molecule has 4 rings (SSSR count). The molecule has 1 amide bonds. The highest BCUT2D eigenvalue weighted by Gasteiger charge is 2.36. The topological polar surface area (TPSA) is 59.2 Å². The number of allylic oxidation sites excluding steroid dienone is 1. The van der Waals surface area contributed by atoms with E-state index in [0.29, 0.717) is 24.7 Å². The van der Waals surface area contributed by atoms with Gasteiger partial charge in [-0.3, -0.25) is 4.79 Å². The van der Waals surface area contributed by atoms with E-state index in [1.54, 1.807) is 0 Å². The summed E-state index contributed by atoms with van der Waals surface area (Å²) >= 11 is 0. The number of hydrogen-bond acceptors (Lipinski definition) is 4. The molecule has 1 aromatic heterocycles. The Labute approximate surface area is 134 Å². The molecule has 0 aromatic carbocycles. The van der Waals surface area contributed by atoms with Gasteiger partial charge < -0.3 is 9.42 Å². The largest absolute Gasteiger partial charge is 0.342 e. The average Bonchev–Trinajstić information content (AvgIpc) is 3.23. The number of hydrogen-bond donors (Lipinski definition) is 0. The van der Waals surface area contributed by atoms with Gasteiger partial charge in [0.2, 0.25) is 5.91 Å². The standard InChI is InChI=1S/C17H22FN3O2/c18-15(12-6-1-2-7-12)17-19-16(20-23-17)13-8-14(22)21(10-13)9-11-4-3-5-11/h11,13H,1-10H2. The number of likely N-dealkylation sites (tertiary alicyclic amines) is 1. The molecule has 2 saturated carbocycles. The van der Waals surface area contributed by atoms with Crippen LogP contribution in [-0.4, -0.2) is 34.0 Å². The minimum absolute atomic E-state index is 0.0122. The van der Waals surface area contributed by atoms with E-state index in [9.17, 15) is 9.18 Å². The lowest BCUT2D eigenvalue weighted by Crippen LogP contribution is -2.33. The van der Waals surface area contributed by atoms with Crippen LogP contribution in [0.3, 0.4) is 0 Å². The third-order valence-electron chi connectivity index (χ3n) is 5.43. The summed E-state index contributed by atoms with van der Waals surface area (Å²) in [5, 5.41) is 3.93. The van der Waals surface area contributed by atoms with Crippen LogP contribution in [0, 0.1) is 5.92 Å². The maximum absolute atomic E-state index is 14.3. The van der Waals surface area contributed by atoms with Crippen molar-refractivity contribution in [3.63, 3.8) is 0 Å². The number of amides is 1. The van der Waals surface area contributed by atoms with Gasteiger partial charge in [0.1, 0.15) is 0 Å². The lowest BCUT2D eigenvalue weighted by molar-refractivity contribution is -0.128. The molecule has 0 radical (unpaired) electrons. The Kier molecular flexibility index (Phi) is 3.91. The van der Waals surface area contributed by atoms with Gasteiger partial charge in [0.05, 0.1) is 0 Å². The van der Waals surface area contributed by atoms with Crippen molar-refractivity contribution in [1.29, 1.82) is 0 Å². The molecule has 0 N–H and O–H groups in total. The van der Waals surface area contributed by atoms with Crippen LogP contribution in [0.2, 0.25) is 0 Å². The molecule has 1 aliphatic heterocycles. The van der Waals surface area contributed by atoms with Crippen LogP contribution < -0.4 is 0 Å². The molecule has 2 aliphatic carbocycles. The Morgan fingerprint density at radius 1 is 1.26 bits per heavy atom. The molecule has 124 valence electrons. The Hall–Kier alpha value is -1.72. The number of rotatable bonds is 4. The molecule has 0 spiro atoms. The summed E-state index contributed by atoms with van der Waals surface area (Å²) in [7, 11) is 0. The lowest BCUT2D eigenvalue weighted by atomic mass is 9.85. The highest BCUT2D eigenvalue weighted by Crippen LogP contribution is 2.34. The summed E-state index contributed by atoms with van der Waals surface area (Å²) in [5.41, 5.74) is 0.786. The molecule has 6 heteroatoms. The van der Waals surface area contributed by atoms with Gasteiger partial charge in [0.25, 0.3) is 5.89 Å². The monoisotopic (exact) mass is 319 g/mol. The zero-order valence-corrected chi connectivity index (χ0v) is 13.3. The van der Waals surface area contributed by atoms with Crippen molar-refractivity contribution in [3.8, 4) is 0 Å². The minimum atomic E-state index is -0.350. The summed E-state index contributed by atoms with van der Waals surface area (Å²) in [6, 6.07) is 0. The predicted molar refractivity (Wildman–Crippen MR) is 82.1 cm³/mol. The van der Waals surface area contributed by atoms with Gasteiger partial charge >= 0.3 is 0 Å². The van der Waals surface area contributed by atoms with Crippen LogP contribution in [0.4, 0.5) is 4.39 Å². The van der Waals surface area contributed by atoms with Crippen LogP contribution in [-0.2, 0) is 4.79 Å². The van der Waals surface area contributed by atoms with E-state index in [2.05, 4.69) is 10.1 Å². The molecular formula is C17H22FN3O2. The number of aromatic nitrogens is 2. The smallest absolute Gasteiger partial charge is 0.286 e. The van der Waals surface area contributed by atoms with Gasteiger partial charge in [0, 0.05) is 25.4 Å². The first-order valence-electron chi connectivity index (χ1n) is 8.70. The van der Waals surface area contributed by atoms with E-state index in [0.717, 1.165) is 37.8 Å². The van der Waals surface area contributed by atoms with Gasteiger partial charge in [0.15, 0.2) is 11.7 Å². The quantitative estimate of drug-likeness (QED) is 0.853. The maximum atomic E-state index is 14.3. The molecule has 1 unspecified atom stereocenters. The molecular weight excluding hydrogens is 297 g/mol. The average molecular weight is 319 g/mol. The van der Waals surface area contributed by atoms with Crippen molar-refractivity contribution in [2.45, 2.75) is 57.3 Å². The third kappa shape index (κ3) is 2.91. The van der Waals surface area contributed by atoms with Gasteiger partial charge in [-0.05, 0) is 50.0 Å². The Morgan fingerprint density at radius 2 is 2.04 bits per heavy atom. The first-order valence-corrected chi connectivity index (χ1v) is 8.70. The van der Waals surface area contributed by atoms with E-state index in [1.165, 1.54) is 19.3 Å². The molecule has 23 heavy (non-hydrogen) atoms. The van der Waals surface area contributed by atoms with Gasteiger partial charge in [-0.2, -0.15) is 4.98 Å². The second kappa shape index (κ2) is 6.06. The van der Waals surface area contributed by atoms with Crippen molar-refractivity contribution in [2.24, 2.45) is 5.92 Å². The second-order valence-corrected chi connectivity index (χ2v) is 7.08. The van der Waals surface area contributed by atoms with Gasteiger partial charge in [-0.1, -0.05) is 11.6 Å². The molecule has 3 aliphatic rings. The summed E-state index contributed by atoms with van der Waals surface area (Å²) in [6.45, 7) is 1.48. The Balaban J connectivity index is 1.44. The summed E-state index contributed by atoms with van der Waals surface area (Å²) in [4.78, 5) is 18.3. The fourth-order valence-electron chi connectivity index (χ4n) is 3.77. The van der Waals surface area contributed by atoms with Gasteiger partial charge in [-0.15, -0.1) is 0 Å². The van der Waals surface area contributed by atoms with E-state index in [4.69, 9.17) is 4.52 Å². The van der Waals surface area contributed by atoms with Crippen LogP contribution >= 0.6 is 0 Å². The fourth-order valence-corrected chi connectivity index (χ4v) is 3.77. The number of halogens is 1. The Morgan fingerprint density at radius 3 is 2.74 bits per heavy atom. The van der Waals surface area contributed by atoms with E-state index >= 15 is 0 Å². The van der Waals surface area contributed by atoms with Crippen LogP contribution in [0.15, 0.2) is 10.1 Å². The molecule has 1 atom stereocenters. The number of nitrogens with zero attached hydrogens (tertiary/aromatic N) is 3. The number of carbonyl (C=O) groups is 1. The normalized spacial score (nSPS) is 25.3. The minimum Gasteiger partial charge on any atom is -0.342 e. The first-order chi connectivity index (χ1) is 11.2. The summed E-state index contributed by atoms with van der Waals surface area (Å²) < 4.78 is 19.4.